The zero-order chi connectivity index (χ0) is 14.5. The first-order valence-corrected chi connectivity index (χ1v) is 5.77. The fourth-order valence-corrected chi connectivity index (χ4v) is 1.87. The van der Waals surface area contributed by atoms with Gasteiger partial charge in [0, 0.05) is 0 Å². The lowest BCUT2D eigenvalue weighted by atomic mass is 9.98. The molecule has 1 N–H and O–H groups in total. The summed E-state index contributed by atoms with van der Waals surface area (Å²) in [6.45, 7) is -0.293. The minimum atomic E-state index is -1.09. The van der Waals surface area contributed by atoms with Gasteiger partial charge in [-0.05, 0) is 28.8 Å². The first-order valence-electron chi connectivity index (χ1n) is 5.77. The zero-order valence-corrected chi connectivity index (χ0v) is 10.4. The van der Waals surface area contributed by atoms with Gasteiger partial charge in [-0.2, -0.15) is 0 Å². The molecule has 20 heavy (non-hydrogen) atoms. The van der Waals surface area contributed by atoms with E-state index in [1.807, 2.05) is 30.3 Å². The lowest BCUT2D eigenvalue weighted by Crippen LogP contribution is -2.04. The fraction of sp³-hybridized carbons (Fsp3) is 0.0714. The molecule has 0 spiro atoms. The molecular formula is C14H11NO5. The Morgan fingerprint density at radius 1 is 1.20 bits per heavy atom. The van der Waals surface area contributed by atoms with Gasteiger partial charge < -0.3 is 9.94 Å². The van der Waals surface area contributed by atoms with E-state index in [0.717, 1.165) is 5.56 Å². The first kappa shape index (κ1) is 13.5. The van der Waals surface area contributed by atoms with Crippen molar-refractivity contribution in [2.75, 3.05) is 0 Å². The average molecular weight is 273 g/mol. The number of aromatic carboxylic acids is 1. The summed E-state index contributed by atoms with van der Waals surface area (Å²) in [5.41, 5.74) is 2.06. The van der Waals surface area contributed by atoms with E-state index >= 15 is 0 Å². The molecule has 2 rings (SSSR count). The van der Waals surface area contributed by atoms with Gasteiger partial charge in [-0.1, -0.05) is 36.4 Å². The van der Waals surface area contributed by atoms with Crippen molar-refractivity contribution in [1.29, 1.82) is 0 Å². The molecule has 0 unspecified atom stereocenters. The van der Waals surface area contributed by atoms with E-state index in [0.29, 0.717) is 11.1 Å². The molecule has 0 fully saturated rings. The topological polar surface area (TPSA) is 89.7 Å². The Balaban J connectivity index is 2.44. The average Bonchev–Trinajstić information content (AvgIpc) is 2.45. The van der Waals surface area contributed by atoms with Crippen LogP contribution in [0.1, 0.15) is 15.9 Å². The third-order valence-corrected chi connectivity index (χ3v) is 2.76. The van der Waals surface area contributed by atoms with Crippen molar-refractivity contribution in [2.45, 2.75) is 6.61 Å². The smallest absolute Gasteiger partial charge is 0.335 e. The molecule has 6 nitrogen and oxygen atoms in total. The molecule has 0 aliphatic heterocycles. The Kier molecular flexibility index (Phi) is 3.95. The molecule has 6 heteroatoms. The van der Waals surface area contributed by atoms with Crippen LogP contribution in [0.5, 0.6) is 0 Å². The van der Waals surface area contributed by atoms with Crippen LogP contribution >= 0.6 is 0 Å². The number of nitrogens with zero attached hydrogens (tertiary/aromatic N) is 1. The van der Waals surface area contributed by atoms with Crippen molar-refractivity contribution in [3.8, 4) is 11.1 Å². The van der Waals surface area contributed by atoms with Crippen LogP contribution in [0.3, 0.4) is 0 Å². The molecule has 0 radical (unpaired) electrons. The van der Waals surface area contributed by atoms with Crippen LogP contribution in [-0.4, -0.2) is 16.2 Å². The van der Waals surface area contributed by atoms with Crippen LogP contribution < -0.4 is 0 Å². The number of carboxylic acids is 1. The van der Waals surface area contributed by atoms with Crippen molar-refractivity contribution in [1.82, 2.24) is 0 Å². The van der Waals surface area contributed by atoms with Gasteiger partial charge in [0.15, 0.2) is 0 Å². The van der Waals surface area contributed by atoms with E-state index < -0.39 is 11.1 Å². The summed E-state index contributed by atoms with van der Waals surface area (Å²) in [5.74, 6) is -1.09. The molecule has 0 aromatic heterocycles. The molecule has 0 aliphatic rings. The number of carbonyl (C=O) groups is 1. The maximum absolute atomic E-state index is 11.0. The van der Waals surface area contributed by atoms with E-state index in [2.05, 4.69) is 4.84 Å². The Labute approximate surface area is 114 Å². The molecule has 0 saturated heterocycles. The normalized spacial score (nSPS) is 10.0. The van der Waals surface area contributed by atoms with Gasteiger partial charge in [0.05, 0.1) is 5.56 Å². The van der Waals surface area contributed by atoms with Gasteiger partial charge in [-0.25, -0.2) is 4.79 Å². The Hall–Kier alpha value is -2.89. The second kappa shape index (κ2) is 5.83. The van der Waals surface area contributed by atoms with Gasteiger partial charge in [0.2, 0.25) is 0 Å². The van der Waals surface area contributed by atoms with Crippen LogP contribution in [0.2, 0.25) is 0 Å². The number of hydrogen-bond acceptors (Lipinski definition) is 4. The molecule has 2 aromatic rings. The summed E-state index contributed by atoms with van der Waals surface area (Å²) in [7, 11) is 0. The maximum Gasteiger partial charge on any atom is 0.335 e. The van der Waals surface area contributed by atoms with Crippen molar-refractivity contribution in [2.24, 2.45) is 0 Å². The van der Waals surface area contributed by atoms with Gasteiger partial charge in [-0.3, -0.25) is 0 Å². The summed E-state index contributed by atoms with van der Waals surface area (Å²) in [6.07, 6.45) is 0. The molecule has 0 atom stereocenters. The highest BCUT2D eigenvalue weighted by Crippen LogP contribution is 2.25. The number of rotatable bonds is 5. The summed E-state index contributed by atoms with van der Waals surface area (Å²) >= 11 is 0. The highest BCUT2D eigenvalue weighted by molar-refractivity contribution is 5.89. The second-order valence-electron chi connectivity index (χ2n) is 4.04. The number of carboxylic acid groups (broad SMARTS) is 1. The Morgan fingerprint density at radius 2 is 1.90 bits per heavy atom. The Morgan fingerprint density at radius 3 is 2.50 bits per heavy atom. The minimum Gasteiger partial charge on any atom is -0.478 e. The quantitative estimate of drug-likeness (QED) is 0.668. The number of benzene rings is 2. The molecule has 0 bridgehead atoms. The predicted molar refractivity (Wildman–Crippen MR) is 70.6 cm³/mol. The summed E-state index contributed by atoms with van der Waals surface area (Å²) in [4.78, 5) is 25.6. The third kappa shape index (κ3) is 3.11. The highest BCUT2D eigenvalue weighted by atomic mass is 16.9. The number of hydrogen-bond donors (Lipinski definition) is 1. The predicted octanol–water partition coefficient (Wildman–Crippen LogP) is 2.76. The molecule has 2 aromatic carbocycles. The first-order chi connectivity index (χ1) is 9.58. The third-order valence-electron chi connectivity index (χ3n) is 2.76. The van der Waals surface area contributed by atoms with Crippen LogP contribution in [0, 0.1) is 10.1 Å². The van der Waals surface area contributed by atoms with Gasteiger partial charge in [-0.15, -0.1) is 10.1 Å². The Bertz CT molecular complexity index is 639. The lowest BCUT2D eigenvalue weighted by Gasteiger charge is -2.10. The van der Waals surface area contributed by atoms with E-state index in [1.165, 1.54) is 12.1 Å². The molecule has 0 amide bonds. The fourth-order valence-electron chi connectivity index (χ4n) is 1.87. The summed E-state index contributed by atoms with van der Waals surface area (Å²) in [6, 6.07) is 13.7. The van der Waals surface area contributed by atoms with Crippen LogP contribution in [0.25, 0.3) is 11.1 Å². The monoisotopic (exact) mass is 273 g/mol. The van der Waals surface area contributed by atoms with E-state index in [1.54, 1.807) is 6.07 Å². The lowest BCUT2D eigenvalue weighted by molar-refractivity contribution is -0.763. The second-order valence-corrected chi connectivity index (χ2v) is 4.04. The molecule has 102 valence electrons. The van der Waals surface area contributed by atoms with Crippen LogP contribution in [0.15, 0.2) is 48.5 Å². The van der Waals surface area contributed by atoms with Crippen molar-refractivity contribution < 1.29 is 19.8 Å². The van der Waals surface area contributed by atoms with Crippen LogP contribution in [-0.2, 0) is 11.4 Å². The highest BCUT2D eigenvalue weighted by Gasteiger charge is 2.11. The largest absolute Gasteiger partial charge is 0.478 e. The zero-order valence-electron chi connectivity index (χ0n) is 10.4. The van der Waals surface area contributed by atoms with Crippen molar-refractivity contribution in [3.05, 3.63) is 69.8 Å². The van der Waals surface area contributed by atoms with Gasteiger partial charge >= 0.3 is 5.97 Å². The molecular weight excluding hydrogens is 262 g/mol. The van der Waals surface area contributed by atoms with E-state index in [4.69, 9.17) is 5.11 Å². The molecule has 0 aliphatic carbocycles. The maximum atomic E-state index is 11.0. The summed E-state index contributed by atoms with van der Waals surface area (Å²) < 4.78 is 0. The van der Waals surface area contributed by atoms with Gasteiger partial charge in [0.25, 0.3) is 5.09 Å². The summed E-state index contributed by atoms with van der Waals surface area (Å²) in [5, 5.41) is 18.4. The van der Waals surface area contributed by atoms with Crippen LogP contribution in [0.4, 0.5) is 0 Å². The molecule has 0 heterocycles. The van der Waals surface area contributed by atoms with E-state index in [-0.39, 0.29) is 12.2 Å². The molecule has 0 saturated carbocycles. The van der Waals surface area contributed by atoms with E-state index in [9.17, 15) is 14.9 Å². The van der Waals surface area contributed by atoms with Crippen molar-refractivity contribution in [3.63, 3.8) is 0 Å². The van der Waals surface area contributed by atoms with Crippen molar-refractivity contribution >= 4 is 5.97 Å². The SMILES string of the molecule is O=C(O)c1ccc(-c2ccccc2)c(CO[N+](=O)[O-])c1. The standard InChI is InChI=1S/C14H11NO5/c16-14(17)11-6-7-13(10-4-2-1-3-5-10)12(8-11)9-20-15(18)19/h1-8H,9H2,(H,16,17). The minimum absolute atomic E-state index is 0.0617. The van der Waals surface area contributed by atoms with Gasteiger partial charge in [0.1, 0.15) is 6.61 Å².